The minimum absolute atomic E-state index is 0.0760. The van der Waals surface area contributed by atoms with Gasteiger partial charge in [-0.2, -0.15) is 5.26 Å². The second-order valence-corrected chi connectivity index (χ2v) is 1.60. The average Bonchev–Trinajstić information content (AvgIpc) is 2.30. The third-order valence-electron chi connectivity index (χ3n) is 1.05. The Balaban J connectivity index is 3.24. The Bertz CT molecular complexity index is 295. The molecule has 0 spiro atoms. The van der Waals surface area contributed by atoms with E-state index in [0.717, 1.165) is 4.57 Å². The number of nitrogens with two attached hydrogens (primary N) is 1. The molecule has 5 heteroatoms. The van der Waals surface area contributed by atoms with Gasteiger partial charge in [0.2, 0.25) is 6.41 Å². The van der Waals surface area contributed by atoms with Crippen LogP contribution >= 0.6 is 0 Å². The van der Waals surface area contributed by atoms with E-state index >= 15 is 0 Å². The van der Waals surface area contributed by atoms with E-state index in [1.54, 1.807) is 6.07 Å². The van der Waals surface area contributed by atoms with Gasteiger partial charge >= 0.3 is 0 Å². The summed E-state index contributed by atoms with van der Waals surface area (Å²) >= 11 is 0. The summed E-state index contributed by atoms with van der Waals surface area (Å²) < 4.78 is 1.04. The molecule has 1 rings (SSSR count). The van der Waals surface area contributed by atoms with Gasteiger partial charge in [0, 0.05) is 0 Å². The largest absolute Gasteiger partial charge is 0.382 e. The summed E-state index contributed by atoms with van der Waals surface area (Å²) in [5.41, 5.74) is 5.35. The van der Waals surface area contributed by atoms with Crippen molar-refractivity contribution in [3.63, 3.8) is 0 Å². The van der Waals surface area contributed by atoms with Crippen molar-refractivity contribution in [2.24, 2.45) is 0 Å². The molecule has 50 valence electrons. The van der Waals surface area contributed by atoms with E-state index in [0.29, 0.717) is 6.41 Å². The highest BCUT2D eigenvalue weighted by atomic mass is 16.1. The van der Waals surface area contributed by atoms with Crippen molar-refractivity contribution in [2.45, 2.75) is 0 Å². The van der Waals surface area contributed by atoms with E-state index in [4.69, 9.17) is 11.0 Å². The molecule has 1 heterocycles. The van der Waals surface area contributed by atoms with Gasteiger partial charge in [-0.15, -0.1) is 0 Å². The molecular weight excluding hydrogens is 132 g/mol. The lowest BCUT2D eigenvalue weighted by Gasteiger charge is -1.88. The third kappa shape index (κ3) is 0.717. The second kappa shape index (κ2) is 2.19. The highest BCUT2D eigenvalue weighted by molar-refractivity contribution is 5.62. The number of imidazole rings is 1. The molecule has 10 heavy (non-hydrogen) atoms. The van der Waals surface area contributed by atoms with Crippen LogP contribution in [0.1, 0.15) is 5.69 Å². The number of hydrogen-bond donors (Lipinski definition) is 1. The summed E-state index contributed by atoms with van der Waals surface area (Å²) in [6, 6.07) is 1.73. The van der Waals surface area contributed by atoms with E-state index in [-0.39, 0.29) is 11.5 Å². The summed E-state index contributed by atoms with van der Waals surface area (Å²) in [7, 11) is 0. The number of anilines is 1. The van der Waals surface area contributed by atoms with Crippen molar-refractivity contribution < 1.29 is 4.79 Å². The highest BCUT2D eigenvalue weighted by Crippen LogP contribution is 2.04. The molecule has 1 aromatic rings. The molecule has 0 aliphatic carbocycles. The molecule has 0 fully saturated rings. The van der Waals surface area contributed by atoms with Crippen LogP contribution in [0.15, 0.2) is 6.33 Å². The molecule has 5 nitrogen and oxygen atoms in total. The van der Waals surface area contributed by atoms with Crippen LogP contribution in [-0.4, -0.2) is 16.0 Å². The molecule has 0 bridgehead atoms. The van der Waals surface area contributed by atoms with E-state index < -0.39 is 0 Å². The molecule has 0 saturated carbocycles. The summed E-state index contributed by atoms with van der Waals surface area (Å²) in [5.74, 6) is 0.0810. The lowest BCUT2D eigenvalue weighted by molar-refractivity contribution is 0.548. The quantitative estimate of drug-likeness (QED) is 0.521. The van der Waals surface area contributed by atoms with Crippen molar-refractivity contribution in [3.05, 3.63) is 12.0 Å². The first kappa shape index (κ1) is 6.29. The first-order valence-electron chi connectivity index (χ1n) is 2.47. The number of aromatic nitrogens is 2. The van der Waals surface area contributed by atoms with Gasteiger partial charge in [0.05, 0.1) is 0 Å². The Morgan fingerprint density at radius 1 is 1.90 bits per heavy atom. The minimum Gasteiger partial charge on any atom is -0.382 e. The van der Waals surface area contributed by atoms with Crippen LogP contribution < -0.4 is 5.73 Å². The number of rotatable bonds is 1. The predicted molar refractivity (Wildman–Crippen MR) is 33.5 cm³/mol. The summed E-state index contributed by atoms with van der Waals surface area (Å²) in [6.45, 7) is 0. The maximum Gasteiger partial charge on any atom is 0.220 e. The smallest absolute Gasteiger partial charge is 0.220 e. The zero-order valence-electron chi connectivity index (χ0n) is 4.98. The number of nitrogens with zero attached hydrogens (tertiary/aromatic N) is 3. The van der Waals surface area contributed by atoms with E-state index in [1.807, 2.05) is 0 Å². The topological polar surface area (TPSA) is 84.7 Å². The van der Waals surface area contributed by atoms with Crippen LogP contribution in [0.4, 0.5) is 5.82 Å². The zero-order chi connectivity index (χ0) is 7.56. The maximum absolute atomic E-state index is 10.1. The first-order chi connectivity index (χ1) is 4.79. The number of nitrogen functional groups attached to an aromatic ring is 1. The zero-order valence-corrected chi connectivity index (χ0v) is 4.98. The van der Waals surface area contributed by atoms with Crippen LogP contribution in [0.25, 0.3) is 0 Å². The standard InChI is InChI=1S/C5H4N4O/c6-1-4-5(7)9(3-10)2-8-4/h2-3H,7H2. The minimum atomic E-state index is 0.0760. The van der Waals surface area contributed by atoms with Crippen LogP contribution in [0, 0.1) is 11.3 Å². The van der Waals surface area contributed by atoms with Crippen LogP contribution in [0.5, 0.6) is 0 Å². The van der Waals surface area contributed by atoms with Gasteiger partial charge in [0.1, 0.15) is 18.2 Å². The number of nitriles is 1. The van der Waals surface area contributed by atoms with E-state index in [2.05, 4.69) is 4.98 Å². The van der Waals surface area contributed by atoms with Gasteiger partial charge in [0.15, 0.2) is 5.69 Å². The van der Waals surface area contributed by atoms with Gasteiger partial charge in [-0.1, -0.05) is 0 Å². The Morgan fingerprint density at radius 2 is 2.60 bits per heavy atom. The number of carbonyl (C=O) groups is 1. The lowest BCUT2D eigenvalue weighted by atomic mass is 10.5. The first-order valence-corrected chi connectivity index (χ1v) is 2.47. The van der Waals surface area contributed by atoms with Gasteiger partial charge in [-0.05, 0) is 0 Å². The Hall–Kier alpha value is -1.83. The van der Waals surface area contributed by atoms with Crippen molar-refractivity contribution in [2.75, 3.05) is 5.73 Å². The van der Waals surface area contributed by atoms with Gasteiger partial charge in [0.25, 0.3) is 0 Å². The fraction of sp³-hybridized carbons (Fsp3) is 0. The summed E-state index contributed by atoms with van der Waals surface area (Å²) in [5, 5.41) is 8.31. The molecule has 1 aromatic heterocycles. The SMILES string of the molecule is N#Cc1ncn(C=O)c1N. The van der Waals surface area contributed by atoms with Crippen molar-refractivity contribution in [1.29, 1.82) is 5.26 Å². The molecule has 0 saturated heterocycles. The molecule has 0 aromatic carbocycles. The lowest BCUT2D eigenvalue weighted by Crippen LogP contribution is -1.99. The summed E-state index contributed by atoms with van der Waals surface area (Å²) in [4.78, 5) is 13.6. The Morgan fingerprint density at radius 3 is 2.90 bits per heavy atom. The van der Waals surface area contributed by atoms with Crippen LogP contribution in [-0.2, 0) is 4.79 Å². The monoisotopic (exact) mass is 136 g/mol. The molecule has 0 unspecified atom stereocenters. The van der Waals surface area contributed by atoms with Gasteiger partial charge in [-0.25, -0.2) is 4.98 Å². The molecule has 0 aliphatic rings. The molecule has 0 aliphatic heterocycles. The fourth-order valence-electron chi connectivity index (χ4n) is 0.541. The number of carbonyl (C=O) groups excluding carboxylic acids is 1. The predicted octanol–water partition coefficient (Wildman–Crippen LogP) is -0.625. The Labute approximate surface area is 56.7 Å². The molecule has 0 amide bonds. The van der Waals surface area contributed by atoms with E-state index in [9.17, 15) is 4.79 Å². The fourth-order valence-corrected chi connectivity index (χ4v) is 0.541. The third-order valence-corrected chi connectivity index (χ3v) is 1.05. The van der Waals surface area contributed by atoms with Gasteiger partial charge < -0.3 is 5.73 Å². The van der Waals surface area contributed by atoms with Crippen molar-refractivity contribution in [1.82, 2.24) is 9.55 Å². The maximum atomic E-state index is 10.1. The average molecular weight is 136 g/mol. The van der Waals surface area contributed by atoms with E-state index in [1.165, 1.54) is 6.33 Å². The van der Waals surface area contributed by atoms with Crippen molar-refractivity contribution >= 4 is 12.2 Å². The second-order valence-electron chi connectivity index (χ2n) is 1.60. The molecule has 0 radical (unpaired) electrons. The molecule has 2 N–H and O–H groups in total. The van der Waals surface area contributed by atoms with Crippen LogP contribution in [0.3, 0.4) is 0 Å². The molecular formula is C5H4N4O. The van der Waals surface area contributed by atoms with Crippen LogP contribution in [0.2, 0.25) is 0 Å². The molecule has 0 atom stereocenters. The highest BCUT2D eigenvalue weighted by Gasteiger charge is 2.03. The number of hydrogen-bond acceptors (Lipinski definition) is 4. The van der Waals surface area contributed by atoms with Gasteiger partial charge in [-0.3, -0.25) is 9.36 Å². The Kier molecular flexibility index (Phi) is 1.38. The van der Waals surface area contributed by atoms with Crippen molar-refractivity contribution in [3.8, 4) is 6.07 Å². The normalized spacial score (nSPS) is 8.70. The summed E-state index contributed by atoms with van der Waals surface area (Å²) in [6.07, 6.45) is 1.68.